The summed E-state index contributed by atoms with van der Waals surface area (Å²) in [7, 11) is 0. The van der Waals surface area contributed by atoms with Gasteiger partial charge in [0.1, 0.15) is 17.6 Å². The third kappa shape index (κ3) is 8.51. The number of hydrogen-bond donors (Lipinski definition) is 0. The third-order valence-corrected chi connectivity index (χ3v) is 5.67. The highest BCUT2D eigenvalue weighted by Gasteiger charge is 2.16. The van der Waals surface area contributed by atoms with Crippen LogP contribution in [0.4, 0.5) is 5.69 Å². The van der Waals surface area contributed by atoms with Gasteiger partial charge in [0.05, 0.1) is 25.5 Å². The fraction of sp³-hybridized carbons (Fsp3) is 0.464. The lowest BCUT2D eigenvalue weighted by atomic mass is 10.1. The molecule has 0 radical (unpaired) electrons. The second-order valence-electron chi connectivity index (χ2n) is 8.38. The van der Waals surface area contributed by atoms with Gasteiger partial charge >= 0.3 is 0 Å². The van der Waals surface area contributed by atoms with E-state index in [2.05, 4.69) is 24.9 Å². The molecule has 1 heterocycles. The molecule has 0 saturated carbocycles. The van der Waals surface area contributed by atoms with Crippen molar-refractivity contribution in [3.05, 3.63) is 65.7 Å². The number of rotatable bonds is 13. The summed E-state index contributed by atoms with van der Waals surface area (Å²) in [6.07, 6.45) is 13.0. The molecule has 3 rings (SSSR count). The third-order valence-electron chi connectivity index (χ3n) is 5.67. The van der Waals surface area contributed by atoms with Crippen LogP contribution in [0.25, 0.3) is 0 Å². The minimum Gasteiger partial charge on any atom is -0.494 e. The van der Waals surface area contributed by atoms with Gasteiger partial charge in [-0.3, -0.25) is 4.99 Å². The molecule has 0 bridgehead atoms. The van der Waals surface area contributed by atoms with Crippen LogP contribution in [0, 0.1) is 0 Å². The van der Waals surface area contributed by atoms with Gasteiger partial charge in [-0.1, -0.05) is 51.5 Å². The van der Waals surface area contributed by atoms with E-state index in [1.165, 1.54) is 44.1 Å². The molecule has 172 valence electrons. The summed E-state index contributed by atoms with van der Waals surface area (Å²) < 4.78 is 17.3. The molecule has 0 aliphatic carbocycles. The second kappa shape index (κ2) is 13.7. The van der Waals surface area contributed by atoms with E-state index in [-0.39, 0.29) is 6.10 Å². The number of hydrogen-bond acceptors (Lipinski definition) is 4. The Balaban J connectivity index is 1.38. The van der Waals surface area contributed by atoms with Crippen molar-refractivity contribution in [2.75, 3.05) is 19.8 Å². The first-order chi connectivity index (χ1) is 15.7. The molecular formula is C28H37NO3. The van der Waals surface area contributed by atoms with Gasteiger partial charge in [-0.15, -0.1) is 0 Å². The van der Waals surface area contributed by atoms with Crippen LogP contribution in [0.2, 0.25) is 0 Å². The van der Waals surface area contributed by atoms with Crippen LogP contribution in [-0.4, -0.2) is 32.1 Å². The van der Waals surface area contributed by atoms with Crippen LogP contribution < -0.4 is 9.47 Å². The molecule has 0 N–H and O–H groups in total. The van der Waals surface area contributed by atoms with Crippen molar-refractivity contribution in [1.29, 1.82) is 0 Å². The first-order valence-corrected chi connectivity index (χ1v) is 12.0. The highest BCUT2D eigenvalue weighted by atomic mass is 16.5. The molecule has 4 heteroatoms. The van der Waals surface area contributed by atoms with Crippen molar-refractivity contribution in [2.45, 2.75) is 64.9 Å². The molecule has 0 unspecified atom stereocenters. The van der Waals surface area contributed by atoms with Crippen LogP contribution >= 0.6 is 0 Å². The van der Waals surface area contributed by atoms with E-state index < -0.39 is 0 Å². The highest BCUT2D eigenvalue weighted by molar-refractivity contribution is 5.82. The monoisotopic (exact) mass is 435 g/mol. The largest absolute Gasteiger partial charge is 0.494 e. The molecule has 1 aliphatic rings. The van der Waals surface area contributed by atoms with E-state index in [4.69, 9.17) is 14.2 Å². The van der Waals surface area contributed by atoms with E-state index in [0.29, 0.717) is 13.2 Å². The van der Waals surface area contributed by atoms with Gasteiger partial charge in [-0.25, -0.2) is 0 Å². The zero-order valence-electron chi connectivity index (χ0n) is 19.6. The standard InChI is InChI=1S/C28H37NO3/c1-3-4-5-6-7-8-9-19-31-26-16-12-25(13-17-26)29-21-24-10-14-27(15-11-24)32-28-22-30-20-18-23(28)2/h10-18,21,28H,3-9,19-20,22H2,1-2H3/t28-/m0/s1. The Bertz CT molecular complexity index is 840. The minimum absolute atomic E-state index is 0.00482. The summed E-state index contributed by atoms with van der Waals surface area (Å²) in [6.45, 7) is 6.40. The van der Waals surface area contributed by atoms with Gasteiger partial charge in [-0.05, 0) is 73.0 Å². The SMILES string of the molecule is CCCCCCCCCOc1ccc(N=Cc2ccc(O[C@H]3COCC=C3C)cc2)cc1. The molecule has 1 aliphatic heterocycles. The molecule has 0 aromatic heterocycles. The van der Waals surface area contributed by atoms with Crippen molar-refractivity contribution in [1.82, 2.24) is 0 Å². The van der Waals surface area contributed by atoms with Crippen LogP contribution in [0.1, 0.15) is 64.4 Å². The molecular weight excluding hydrogens is 398 g/mol. The number of ether oxygens (including phenoxy) is 3. The van der Waals surface area contributed by atoms with E-state index in [1.54, 1.807) is 0 Å². The minimum atomic E-state index is -0.00482. The number of benzene rings is 2. The van der Waals surface area contributed by atoms with Crippen LogP contribution in [-0.2, 0) is 4.74 Å². The summed E-state index contributed by atoms with van der Waals surface area (Å²) in [5.74, 6) is 1.75. The summed E-state index contributed by atoms with van der Waals surface area (Å²) >= 11 is 0. The van der Waals surface area contributed by atoms with E-state index >= 15 is 0 Å². The van der Waals surface area contributed by atoms with Crippen molar-refractivity contribution in [3.63, 3.8) is 0 Å². The lowest BCUT2D eigenvalue weighted by Crippen LogP contribution is -2.28. The van der Waals surface area contributed by atoms with Gasteiger partial charge in [0.25, 0.3) is 0 Å². The summed E-state index contributed by atoms with van der Waals surface area (Å²) in [5.41, 5.74) is 3.16. The average Bonchev–Trinajstić information content (AvgIpc) is 2.82. The molecule has 0 saturated heterocycles. The lowest BCUT2D eigenvalue weighted by molar-refractivity contribution is 0.0681. The number of aliphatic imine (C=N–C) groups is 1. The Morgan fingerprint density at radius 1 is 0.906 bits per heavy atom. The molecule has 0 fully saturated rings. The van der Waals surface area contributed by atoms with Crippen molar-refractivity contribution in [2.24, 2.45) is 4.99 Å². The summed E-state index contributed by atoms with van der Waals surface area (Å²) in [5, 5.41) is 0. The fourth-order valence-electron chi connectivity index (χ4n) is 3.58. The van der Waals surface area contributed by atoms with Crippen LogP contribution in [0.5, 0.6) is 11.5 Å². The van der Waals surface area contributed by atoms with E-state index in [1.807, 2.05) is 54.7 Å². The molecule has 2 aromatic rings. The molecule has 32 heavy (non-hydrogen) atoms. The zero-order valence-corrected chi connectivity index (χ0v) is 19.6. The van der Waals surface area contributed by atoms with Crippen LogP contribution in [0.3, 0.4) is 0 Å². The Labute approximate surface area is 193 Å². The van der Waals surface area contributed by atoms with E-state index in [0.717, 1.165) is 35.8 Å². The van der Waals surface area contributed by atoms with Gasteiger partial charge in [0.2, 0.25) is 0 Å². The normalized spacial score (nSPS) is 16.2. The Morgan fingerprint density at radius 2 is 1.59 bits per heavy atom. The van der Waals surface area contributed by atoms with Crippen LogP contribution in [0.15, 0.2) is 65.2 Å². The molecule has 1 atom stereocenters. The Kier molecular flexibility index (Phi) is 10.3. The number of unbranched alkanes of at least 4 members (excludes halogenated alkanes) is 6. The molecule has 4 nitrogen and oxygen atoms in total. The van der Waals surface area contributed by atoms with Gasteiger partial charge in [0.15, 0.2) is 0 Å². The maximum atomic E-state index is 6.02. The molecule has 0 amide bonds. The second-order valence-corrected chi connectivity index (χ2v) is 8.38. The predicted octanol–water partition coefficient (Wildman–Crippen LogP) is 7.29. The summed E-state index contributed by atoms with van der Waals surface area (Å²) in [4.78, 5) is 4.57. The fourth-order valence-corrected chi connectivity index (χ4v) is 3.58. The predicted molar refractivity (Wildman–Crippen MR) is 133 cm³/mol. The Morgan fingerprint density at radius 3 is 2.31 bits per heavy atom. The quantitative estimate of drug-likeness (QED) is 0.188. The maximum Gasteiger partial charge on any atom is 0.143 e. The first kappa shape index (κ1) is 24.1. The molecule has 2 aromatic carbocycles. The zero-order chi connectivity index (χ0) is 22.4. The van der Waals surface area contributed by atoms with Gasteiger partial charge in [-0.2, -0.15) is 0 Å². The first-order valence-electron chi connectivity index (χ1n) is 12.0. The van der Waals surface area contributed by atoms with Gasteiger partial charge in [0, 0.05) is 6.21 Å². The smallest absolute Gasteiger partial charge is 0.143 e. The summed E-state index contributed by atoms with van der Waals surface area (Å²) in [6, 6.07) is 16.0. The topological polar surface area (TPSA) is 40.0 Å². The highest BCUT2D eigenvalue weighted by Crippen LogP contribution is 2.21. The Hall–Kier alpha value is -2.59. The van der Waals surface area contributed by atoms with E-state index in [9.17, 15) is 0 Å². The lowest BCUT2D eigenvalue weighted by Gasteiger charge is -2.23. The average molecular weight is 436 g/mol. The van der Waals surface area contributed by atoms with Crippen molar-refractivity contribution in [3.8, 4) is 11.5 Å². The maximum absolute atomic E-state index is 6.02. The number of nitrogens with zero attached hydrogens (tertiary/aromatic N) is 1. The van der Waals surface area contributed by atoms with Crippen molar-refractivity contribution >= 4 is 11.9 Å². The van der Waals surface area contributed by atoms with Gasteiger partial charge < -0.3 is 14.2 Å². The molecule has 0 spiro atoms. The van der Waals surface area contributed by atoms with Crippen molar-refractivity contribution < 1.29 is 14.2 Å².